The number of ether oxygens (including phenoxy) is 2. The van der Waals surface area contributed by atoms with E-state index in [0.29, 0.717) is 23.4 Å². The molecular formula is C22H23NO5S. The van der Waals surface area contributed by atoms with Crippen LogP contribution < -0.4 is 4.74 Å². The van der Waals surface area contributed by atoms with E-state index in [0.717, 1.165) is 22.0 Å². The number of aromatic nitrogens is 1. The van der Waals surface area contributed by atoms with E-state index >= 15 is 0 Å². The lowest BCUT2D eigenvalue weighted by Crippen LogP contribution is -2.16. The molecule has 29 heavy (non-hydrogen) atoms. The second-order valence-electron chi connectivity index (χ2n) is 6.52. The smallest absolute Gasteiger partial charge is 0.342 e. The van der Waals surface area contributed by atoms with Crippen LogP contribution in [0.25, 0.3) is 0 Å². The molecule has 2 aromatic heterocycles. The fraction of sp³-hybridized carbons (Fsp3) is 0.273. The quantitative estimate of drug-likeness (QED) is 0.307. The molecule has 0 bridgehead atoms. The predicted molar refractivity (Wildman–Crippen MR) is 111 cm³/mol. The van der Waals surface area contributed by atoms with Crippen LogP contribution in [0.3, 0.4) is 0 Å². The van der Waals surface area contributed by atoms with E-state index in [-0.39, 0.29) is 12.4 Å². The van der Waals surface area contributed by atoms with Gasteiger partial charge in [-0.05, 0) is 56.5 Å². The van der Waals surface area contributed by atoms with Gasteiger partial charge in [0.1, 0.15) is 17.1 Å². The zero-order valence-electron chi connectivity index (χ0n) is 16.9. The second-order valence-corrected chi connectivity index (χ2v) is 7.40. The van der Waals surface area contributed by atoms with Gasteiger partial charge in [-0.15, -0.1) is 11.8 Å². The lowest BCUT2D eigenvalue weighted by Gasteiger charge is -2.10. The molecule has 3 aromatic rings. The van der Waals surface area contributed by atoms with E-state index in [2.05, 4.69) is 0 Å². The Balaban J connectivity index is 1.70. The maximum absolute atomic E-state index is 12.7. The summed E-state index contributed by atoms with van der Waals surface area (Å²) in [6.45, 7) is 4.00. The summed E-state index contributed by atoms with van der Waals surface area (Å²) < 4.78 is 17.9. The SMILES string of the molecule is COc1cc(SC)ccc1C(=O)OCC(=O)c1cc(C)n(Cc2ccco2)c1C. The minimum atomic E-state index is -0.591. The Hall–Kier alpha value is -2.93. The summed E-state index contributed by atoms with van der Waals surface area (Å²) in [5.41, 5.74) is 2.57. The molecule has 0 saturated carbocycles. The maximum Gasteiger partial charge on any atom is 0.342 e. The van der Waals surface area contributed by atoms with Crippen LogP contribution in [0.2, 0.25) is 0 Å². The van der Waals surface area contributed by atoms with Crippen LogP contribution in [0.15, 0.2) is 52.0 Å². The number of nitrogens with zero attached hydrogens (tertiary/aromatic N) is 1. The van der Waals surface area contributed by atoms with Crippen LogP contribution in [0.4, 0.5) is 0 Å². The molecule has 0 spiro atoms. The van der Waals surface area contributed by atoms with Crippen molar-refractivity contribution in [1.82, 2.24) is 4.57 Å². The first-order chi connectivity index (χ1) is 13.9. The molecule has 0 saturated heterocycles. The van der Waals surface area contributed by atoms with Gasteiger partial charge in [0.15, 0.2) is 6.61 Å². The minimum Gasteiger partial charge on any atom is -0.496 e. The van der Waals surface area contributed by atoms with Crippen molar-refractivity contribution in [1.29, 1.82) is 0 Å². The summed E-state index contributed by atoms with van der Waals surface area (Å²) in [7, 11) is 1.50. The molecule has 7 heteroatoms. The monoisotopic (exact) mass is 413 g/mol. The number of aryl methyl sites for hydroxylation is 1. The highest BCUT2D eigenvalue weighted by atomic mass is 32.2. The summed E-state index contributed by atoms with van der Waals surface area (Å²) in [6, 6.07) is 10.8. The van der Waals surface area contributed by atoms with Gasteiger partial charge in [0, 0.05) is 21.8 Å². The molecule has 0 aliphatic rings. The fourth-order valence-electron chi connectivity index (χ4n) is 3.14. The third-order valence-corrected chi connectivity index (χ3v) is 5.46. The number of furan rings is 1. The van der Waals surface area contributed by atoms with E-state index in [1.807, 2.05) is 48.9 Å². The summed E-state index contributed by atoms with van der Waals surface area (Å²) in [4.78, 5) is 26.1. The van der Waals surface area contributed by atoms with Gasteiger partial charge in [-0.3, -0.25) is 4.79 Å². The third-order valence-electron chi connectivity index (χ3n) is 4.73. The number of esters is 1. The number of rotatable bonds is 8. The molecule has 0 N–H and O–H groups in total. The maximum atomic E-state index is 12.7. The first-order valence-electron chi connectivity index (χ1n) is 9.06. The number of methoxy groups -OCH3 is 1. The topological polar surface area (TPSA) is 70.7 Å². The molecule has 0 aliphatic heterocycles. The standard InChI is InChI=1S/C22H23NO5S/c1-14-10-19(15(2)23(14)12-16-6-5-9-27-16)20(24)13-28-22(25)18-8-7-17(29-4)11-21(18)26-3/h5-11H,12-13H2,1-4H3. The van der Waals surface area contributed by atoms with Gasteiger partial charge in [-0.2, -0.15) is 0 Å². The Labute approximate surface area is 173 Å². The Morgan fingerprint density at radius 3 is 2.59 bits per heavy atom. The molecule has 0 fully saturated rings. The van der Waals surface area contributed by atoms with E-state index in [1.54, 1.807) is 30.2 Å². The number of thioether (sulfide) groups is 1. The average molecular weight is 413 g/mol. The van der Waals surface area contributed by atoms with Crippen LogP contribution in [-0.4, -0.2) is 36.3 Å². The zero-order chi connectivity index (χ0) is 21.0. The van der Waals surface area contributed by atoms with Gasteiger partial charge in [-0.25, -0.2) is 4.79 Å². The summed E-state index contributed by atoms with van der Waals surface area (Å²) >= 11 is 1.55. The van der Waals surface area contributed by atoms with Crippen molar-refractivity contribution in [3.8, 4) is 5.75 Å². The molecule has 0 atom stereocenters. The first-order valence-corrected chi connectivity index (χ1v) is 10.3. The lowest BCUT2D eigenvalue weighted by atomic mass is 10.1. The molecule has 152 valence electrons. The van der Waals surface area contributed by atoms with E-state index in [9.17, 15) is 9.59 Å². The molecule has 0 unspecified atom stereocenters. The van der Waals surface area contributed by atoms with Crippen LogP contribution in [0.5, 0.6) is 5.75 Å². The molecular weight excluding hydrogens is 390 g/mol. The number of carbonyl (C=O) groups excluding carboxylic acids is 2. The van der Waals surface area contributed by atoms with Crippen molar-refractivity contribution >= 4 is 23.5 Å². The zero-order valence-corrected chi connectivity index (χ0v) is 17.7. The van der Waals surface area contributed by atoms with Gasteiger partial charge >= 0.3 is 5.97 Å². The Kier molecular flexibility index (Phi) is 6.49. The number of benzene rings is 1. The van der Waals surface area contributed by atoms with E-state index in [1.165, 1.54) is 7.11 Å². The van der Waals surface area contributed by atoms with Crippen LogP contribution in [-0.2, 0) is 11.3 Å². The molecule has 6 nitrogen and oxygen atoms in total. The van der Waals surface area contributed by atoms with Crippen LogP contribution >= 0.6 is 11.8 Å². The average Bonchev–Trinajstić information content (AvgIpc) is 3.35. The summed E-state index contributed by atoms with van der Waals surface area (Å²) in [5.74, 6) is 0.382. The number of hydrogen-bond donors (Lipinski definition) is 0. The van der Waals surface area contributed by atoms with Crippen molar-refractivity contribution < 1.29 is 23.5 Å². The molecule has 2 heterocycles. The minimum absolute atomic E-state index is 0.253. The third kappa shape index (κ3) is 4.56. The molecule has 1 aromatic carbocycles. The van der Waals surface area contributed by atoms with Gasteiger partial charge in [0.25, 0.3) is 0 Å². The van der Waals surface area contributed by atoms with Gasteiger partial charge < -0.3 is 18.5 Å². The number of Topliss-reactive ketones (excluding diaryl/α,β-unsaturated/α-hetero) is 1. The Morgan fingerprint density at radius 1 is 1.14 bits per heavy atom. The lowest BCUT2D eigenvalue weighted by molar-refractivity contribution is 0.0471. The number of hydrogen-bond acceptors (Lipinski definition) is 6. The highest BCUT2D eigenvalue weighted by Crippen LogP contribution is 2.26. The number of ketones is 1. The normalized spacial score (nSPS) is 10.8. The number of carbonyl (C=O) groups is 2. The molecule has 3 rings (SSSR count). The molecule has 0 amide bonds. The van der Waals surface area contributed by atoms with Gasteiger partial charge in [0.2, 0.25) is 5.78 Å². The molecule has 0 aliphatic carbocycles. The predicted octanol–water partition coefficient (Wildman–Crippen LogP) is 4.52. The van der Waals surface area contributed by atoms with Crippen molar-refractivity contribution in [3.63, 3.8) is 0 Å². The van der Waals surface area contributed by atoms with Crippen molar-refractivity contribution in [3.05, 3.63) is 70.9 Å². The summed E-state index contributed by atoms with van der Waals surface area (Å²) in [6.07, 6.45) is 3.56. The van der Waals surface area contributed by atoms with Gasteiger partial charge in [0.05, 0.1) is 19.9 Å². The highest BCUT2D eigenvalue weighted by molar-refractivity contribution is 7.98. The largest absolute Gasteiger partial charge is 0.496 e. The van der Waals surface area contributed by atoms with Crippen molar-refractivity contribution in [2.45, 2.75) is 25.3 Å². The first kappa shape index (κ1) is 20.8. The van der Waals surface area contributed by atoms with E-state index < -0.39 is 5.97 Å². The van der Waals surface area contributed by atoms with Crippen LogP contribution in [0.1, 0.15) is 37.9 Å². The van der Waals surface area contributed by atoms with Gasteiger partial charge in [-0.1, -0.05) is 0 Å². The van der Waals surface area contributed by atoms with E-state index in [4.69, 9.17) is 13.9 Å². The fourth-order valence-corrected chi connectivity index (χ4v) is 3.57. The molecule has 0 radical (unpaired) electrons. The van der Waals surface area contributed by atoms with Crippen LogP contribution in [0, 0.1) is 13.8 Å². The van der Waals surface area contributed by atoms with Crippen molar-refractivity contribution in [2.75, 3.05) is 20.0 Å². The Morgan fingerprint density at radius 2 is 1.93 bits per heavy atom. The summed E-state index contributed by atoms with van der Waals surface area (Å²) in [5, 5.41) is 0. The van der Waals surface area contributed by atoms with Crippen molar-refractivity contribution in [2.24, 2.45) is 0 Å². The Bertz CT molecular complexity index is 1020. The second kappa shape index (κ2) is 9.05. The highest BCUT2D eigenvalue weighted by Gasteiger charge is 2.20.